The number of anilines is 1. The summed E-state index contributed by atoms with van der Waals surface area (Å²) in [5.74, 6) is -1.11. The van der Waals surface area contributed by atoms with Gasteiger partial charge in [-0.3, -0.25) is 9.52 Å². The molecule has 1 aromatic rings. The van der Waals surface area contributed by atoms with Crippen molar-refractivity contribution in [1.82, 2.24) is 0 Å². The fourth-order valence-corrected chi connectivity index (χ4v) is 2.45. The minimum Gasteiger partial charge on any atom is -0.481 e. The Morgan fingerprint density at radius 2 is 2.10 bits per heavy atom. The van der Waals surface area contributed by atoms with Crippen LogP contribution in [0.3, 0.4) is 0 Å². The Hall–Kier alpha value is -1.60. The number of sulfonamides is 1. The number of carboxylic acid groups (broad SMARTS) is 1. The lowest BCUT2D eigenvalue weighted by Gasteiger charge is -2.10. The Balaban J connectivity index is 2.64. The van der Waals surface area contributed by atoms with Crippen molar-refractivity contribution in [1.29, 1.82) is 0 Å². The van der Waals surface area contributed by atoms with E-state index in [4.69, 9.17) is 9.84 Å². The van der Waals surface area contributed by atoms with E-state index in [1.165, 1.54) is 6.07 Å². The zero-order valence-corrected chi connectivity index (χ0v) is 12.3. The highest BCUT2D eigenvalue weighted by atomic mass is 32.2. The molecule has 112 valence electrons. The first-order valence-electron chi connectivity index (χ1n) is 6.21. The molecule has 0 spiro atoms. The summed E-state index contributed by atoms with van der Waals surface area (Å²) in [6.07, 6.45) is -0.171. The van der Waals surface area contributed by atoms with Gasteiger partial charge in [0.1, 0.15) is 0 Å². The molecule has 7 heteroatoms. The van der Waals surface area contributed by atoms with Gasteiger partial charge in [-0.1, -0.05) is 12.1 Å². The Morgan fingerprint density at radius 1 is 1.40 bits per heavy atom. The maximum Gasteiger partial charge on any atom is 0.307 e. The maximum atomic E-state index is 11.8. The molecule has 0 unspecified atom stereocenters. The van der Waals surface area contributed by atoms with Gasteiger partial charge in [0, 0.05) is 5.69 Å². The van der Waals surface area contributed by atoms with Gasteiger partial charge in [0.2, 0.25) is 10.0 Å². The lowest BCUT2D eigenvalue weighted by Crippen LogP contribution is -2.21. The first-order chi connectivity index (χ1) is 9.28. The average Bonchev–Trinajstić information content (AvgIpc) is 2.26. The summed E-state index contributed by atoms with van der Waals surface area (Å²) in [6, 6.07) is 6.33. The summed E-state index contributed by atoms with van der Waals surface area (Å²) in [6.45, 7) is 3.77. The third kappa shape index (κ3) is 6.53. The molecule has 0 fully saturated rings. The van der Waals surface area contributed by atoms with Gasteiger partial charge >= 0.3 is 5.97 Å². The number of carboxylic acids is 1. The molecule has 6 nitrogen and oxygen atoms in total. The monoisotopic (exact) mass is 301 g/mol. The number of carbonyl (C=O) groups is 1. The van der Waals surface area contributed by atoms with Crippen LogP contribution >= 0.6 is 0 Å². The summed E-state index contributed by atoms with van der Waals surface area (Å²) in [7, 11) is -3.50. The summed E-state index contributed by atoms with van der Waals surface area (Å²) in [4.78, 5) is 10.6. The van der Waals surface area contributed by atoms with E-state index in [0.29, 0.717) is 11.3 Å². The van der Waals surface area contributed by atoms with Crippen molar-refractivity contribution >= 4 is 21.7 Å². The molecule has 0 aliphatic heterocycles. The minimum atomic E-state index is -3.50. The van der Waals surface area contributed by atoms with E-state index in [9.17, 15) is 13.2 Å². The molecule has 0 aliphatic carbocycles. The van der Waals surface area contributed by atoms with Gasteiger partial charge in [0.25, 0.3) is 0 Å². The number of nitrogens with one attached hydrogen (secondary N) is 1. The van der Waals surface area contributed by atoms with Gasteiger partial charge < -0.3 is 9.84 Å². The number of ether oxygens (including phenoxy) is 1. The molecule has 0 atom stereocenters. The number of aliphatic carboxylic acids is 1. The topological polar surface area (TPSA) is 92.7 Å². The third-order valence-electron chi connectivity index (χ3n) is 2.36. The summed E-state index contributed by atoms with van der Waals surface area (Å²) in [5.41, 5.74) is 0.893. The second-order valence-corrected chi connectivity index (χ2v) is 6.45. The van der Waals surface area contributed by atoms with Crippen LogP contribution in [0.1, 0.15) is 19.4 Å². The van der Waals surface area contributed by atoms with Crippen LogP contribution in [0, 0.1) is 0 Å². The zero-order valence-electron chi connectivity index (χ0n) is 11.5. The fraction of sp³-hybridized carbons (Fsp3) is 0.462. The first kappa shape index (κ1) is 16.5. The summed E-state index contributed by atoms with van der Waals surface area (Å²) >= 11 is 0. The van der Waals surface area contributed by atoms with Crippen molar-refractivity contribution in [2.24, 2.45) is 0 Å². The number of hydrogen-bond acceptors (Lipinski definition) is 4. The Kier molecular flexibility index (Phi) is 5.97. The highest BCUT2D eigenvalue weighted by Gasteiger charge is 2.11. The van der Waals surface area contributed by atoms with Crippen LogP contribution in [0.5, 0.6) is 0 Å². The van der Waals surface area contributed by atoms with Crippen molar-refractivity contribution in [3.63, 3.8) is 0 Å². The smallest absolute Gasteiger partial charge is 0.307 e. The molecule has 1 rings (SSSR count). The van der Waals surface area contributed by atoms with E-state index in [0.717, 1.165) is 0 Å². The third-order valence-corrected chi connectivity index (χ3v) is 3.61. The van der Waals surface area contributed by atoms with E-state index in [1.54, 1.807) is 18.2 Å². The molecule has 0 saturated carbocycles. The summed E-state index contributed by atoms with van der Waals surface area (Å²) < 4.78 is 31.2. The Morgan fingerprint density at radius 3 is 2.70 bits per heavy atom. The molecule has 0 radical (unpaired) electrons. The molecular weight excluding hydrogens is 282 g/mol. The zero-order chi connectivity index (χ0) is 15.2. The molecular formula is C13H19NO5S. The molecule has 0 saturated heterocycles. The van der Waals surface area contributed by atoms with E-state index in [2.05, 4.69) is 4.72 Å². The lowest BCUT2D eigenvalue weighted by atomic mass is 10.1. The van der Waals surface area contributed by atoms with Gasteiger partial charge in [0.05, 0.1) is 24.9 Å². The van der Waals surface area contributed by atoms with Crippen molar-refractivity contribution in [3.05, 3.63) is 29.8 Å². The van der Waals surface area contributed by atoms with Crippen molar-refractivity contribution < 1.29 is 23.1 Å². The molecule has 0 heterocycles. The van der Waals surface area contributed by atoms with E-state index < -0.39 is 16.0 Å². The number of hydrogen-bond donors (Lipinski definition) is 2. The molecule has 2 N–H and O–H groups in total. The quantitative estimate of drug-likeness (QED) is 0.758. The van der Waals surface area contributed by atoms with Gasteiger partial charge in [-0.2, -0.15) is 0 Å². The predicted octanol–water partition coefficient (Wildman–Crippen LogP) is 1.48. The van der Waals surface area contributed by atoms with Crippen LogP contribution in [-0.4, -0.2) is 38.0 Å². The molecule has 0 aliphatic rings. The van der Waals surface area contributed by atoms with Crippen LogP contribution in [-0.2, 0) is 26.0 Å². The highest BCUT2D eigenvalue weighted by molar-refractivity contribution is 7.92. The predicted molar refractivity (Wildman–Crippen MR) is 76.3 cm³/mol. The molecule has 0 bridgehead atoms. The minimum absolute atomic E-state index is 0.0240. The molecule has 0 aromatic heterocycles. The van der Waals surface area contributed by atoms with Crippen molar-refractivity contribution in [2.45, 2.75) is 26.4 Å². The Bertz CT molecular complexity index is 554. The summed E-state index contributed by atoms with van der Waals surface area (Å²) in [5, 5.41) is 8.70. The van der Waals surface area contributed by atoms with Crippen LogP contribution < -0.4 is 4.72 Å². The largest absolute Gasteiger partial charge is 0.481 e. The molecule has 1 aromatic carbocycles. The average molecular weight is 301 g/mol. The molecule has 0 amide bonds. The highest BCUT2D eigenvalue weighted by Crippen LogP contribution is 2.13. The second-order valence-electron chi connectivity index (χ2n) is 4.61. The van der Waals surface area contributed by atoms with Crippen LogP contribution in [0.25, 0.3) is 0 Å². The lowest BCUT2D eigenvalue weighted by molar-refractivity contribution is -0.136. The van der Waals surface area contributed by atoms with Gasteiger partial charge in [-0.25, -0.2) is 8.42 Å². The molecule has 20 heavy (non-hydrogen) atoms. The van der Waals surface area contributed by atoms with E-state index >= 15 is 0 Å². The maximum absolute atomic E-state index is 11.8. The normalized spacial score (nSPS) is 11.6. The van der Waals surface area contributed by atoms with Crippen LogP contribution in [0.15, 0.2) is 24.3 Å². The van der Waals surface area contributed by atoms with Gasteiger partial charge in [-0.15, -0.1) is 0 Å². The second kappa shape index (κ2) is 7.25. The standard InChI is InChI=1S/C13H19NO5S/c1-10(2)19-6-7-20(17,18)14-12-5-3-4-11(8-12)9-13(15)16/h3-5,8,10,14H,6-7,9H2,1-2H3,(H,15,16). The van der Waals surface area contributed by atoms with Gasteiger partial charge in [-0.05, 0) is 31.5 Å². The van der Waals surface area contributed by atoms with Crippen molar-refractivity contribution in [3.8, 4) is 0 Å². The van der Waals surface area contributed by atoms with Crippen LogP contribution in [0.2, 0.25) is 0 Å². The van der Waals surface area contributed by atoms with Crippen molar-refractivity contribution in [2.75, 3.05) is 17.1 Å². The number of benzene rings is 1. The van der Waals surface area contributed by atoms with E-state index in [-0.39, 0.29) is 24.9 Å². The van der Waals surface area contributed by atoms with Crippen LogP contribution in [0.4, 0.5) is 5.69 Å². The van der Waals surface area contributed by atoms with E-state index in [1.807, 2.05) is 13.8 Å². The Labute approximate surface area is 118 Å². The first-order valence-corrected chi connectivity index (χ1v) is 7.86. The SMILES string of the molecule is CC(C)OCCS(=O)(=O)Nc1cccc(CC(=O)O)c1. The van der Waals surface area contributed by atoms with Gasteiger partial charge in [0.15, 0.2) is 0 Å². The fourth-order valence-electron chi connectivity index (χ4n) is 1.54. The number of rotatable bonds is 8.